The van der Waals surface area contributed by atoms with Gasteiger partial charge in [0.2, 0.25) is 0 Å². The SMILES string of the molecule is CC[C@@H](Oc1ccccc1F)C(=O)N[C@H](C)COc1ccc(OC)cc1. The van der Waals surface area contributed by atoms with Crippen molar-refractivity contribution in [3.8, 4) is 17.2 Å². The van der Waals surface area contributed by atoms with Gasteiger partial charge < -0.3 is 19.5 Å². The molecule has 0 saturated heterocycles. The third kappa shape index (κ3) is 5.65. The first kappa shape index (κ1) is 19.6. The lowest BCUT2D eigenvalue weighted by atomic mass is 10.2. The van der Waals surface area contributed by atoms with Gasteiger partial charge in [-0.25, -0.2) is 4.39 Å². The number of hydrogen-bond acceptors (Lipinski definition) is 4. The van der Waals surface area contributed by atoms with Gasteiger partial charge >= 0.3 is 0 Å². The van der Waals surface area contributed by atoms with Crippen molar-refractivity contribution in [2.75, 3.05) is 13.7 Å². The lowest BCUT2D eigenvalue weighted by molar-refractivity contribution is -0.129. The van der Waals surface area contributed by atoms with Crippen molar-refractivity contribution in [2.45, 2.75) is 32.4 Å². The van der Waals surface area contributed by atoms with Crippen molar-refractivity contribution in [2.24, 2.45) is 0 Å². The first-order valence-electron chi connectivity index (χ1n) is 8.52. The topological polar surface area (TPSA) is 56.8 Å². The molecule has 0 aromatic heterocycles. The highest BCUT2D eigenvalue weighted by molar-refractivity contribution is 5.81. The predicted molar refractivity (Wildman–Crippen MR) is 97.2 cm³/mol. The van der Waals surface area contributed by atoms with Crippen LogP contribution in [0, 0.1) is 5.82 Å². The maximum Gasteiger partial charge on any atom is 0.261 e. The summed E-state index contributed by atoms with van der Waals surface area (Å²) in [6, 6.07) is 13.0. The fourth-order valence-corrected chi connectivity index (χ4v) is 2.29. The fourth-order valence-electron chi connectivity index (χ4n) is 2.29. The third-order valence-electron chi connectivity index (χ3n) is 3.72. The van der Waals surface area contributed by atoms with Gasteiger partial charge in [-0.05, 0) is 49.7 Å². The van der Waals surface area contributed by atoms with Gasteiger partial charge in [0.15, 0.2) is 17.7 Å². The van der Waals surface area contributed by atoms with Crippen LogP contribution in [0.4, 0.5) is 4.39 Å². The van der Waals surface area contributed by atoms with Gasteiger partial charge in [-0.2, -0.15) is 0 Å². The Bertz CT molecular complexity index is 705. The normalized spacial score (nSPS) is 12.8. The Kier molecular flexibility index (Phi) is 7.26. The monoisotopic (exact) mass is 361 g/mol. The minimum atomic E-state index is -0.768. The van der Waals surface area contributed by atoms with Crippen LogP contribution >= 0.6 is 0 Å². The lowest BCUT2D eigenvalue weighted by Crippen LogP contribution is -2.44. The van der Waals surface area contributed by atoms with Crippen molar-refractivity contribution >= 4 is 5.91 Å². The van der Waals surface area contributed by atoms with Crippen LogP contribution in [0.5, 0.6) is 17.2 Å². The van der Waals surface area contributed by atoms with Crippen molar-refractivity contribution in [1.29, 1.82) is 0 Å². The van der Waals surface area contributed by atoms with Crippen LogP contribution in [0.15, 0.2) is 48.5 Å². The summed E-state index contributed by atoms with van der Waals surface area (Å²) in [5.41, 5.74) is 0. The maximum atomic E-state index is 13.7. The Labute approximate surface area is 153 Å². The molecule has 0 aliphatic carbocycles. The number of benzene rings is 2. The second-order valence-corrected chi connectivity index (χ2v) is 5.84. The molecule has 0 bridgehead atoms. The minimum absolute atomic E-state index is 0.0663. The molecule has 0 heterocycles. The highest BCUT2D eigenvalue weighted by Crippen LogP contribution is 2.19. The van der Waals surface area contributed by atoms with Gasteiger partial charge in [0.1, 0.15) is 18.1 Å². The van der Waals surface area contributed by atoms with E-state index in [2.05, 4.69) is 5.32 Å². The average Bonchev–Trinajstić information content (AvgIpc) is 2.66. The summed E-state index contributed by atoms with van der Waals surface area (Å²) in [5, 5.41) is 2.83. The first-order chi connectivity index (χ1) is 12.5. The third-order valence-corrected chi connectivity index (χ3v) is 3.72. The molecule has 1 N–H and O–H groups in total. The molecule has 0 aliphatic heterocycles. The molecule has 0 spiro atoms. The maximum absolute atomic E-state index is 13.7. The zero-order valence-corrected chi connectivity index (χ0v) is 15.2. The quantitative estimate of drug-likeness (QED) is 0.742. The van der Waals surface area contributed by atoms with E-state index in [1.54, 1.807) is 43.5 Å². The molecule has 1 amide bonds. The molecule has 26 heavy (non-hydrogen) atoms. The average molecular weight is 361 g/mol. The Morgan fingerprint density at radius 3 is 2.38 bits per heavy atom. The van der Waals surface area contributed by atoms with Gasteiger partial charge in [-0.15, -0.1) is 0 Å². The highest BCUT2D eigenvalue weighted by Gasteiger charge is 2.21. The van der Waals surface area contributed by atoms with E-state index in [1.165, 1.54) is 12.1 Å². The van der Waals surface area contributed by atoms with Gasteiger partial charge in [0.25, 0.3) is 5.91 Å². The second kappa shape index (κ2) is 9.65. The van der Waals surface area contributed by atoms with E-state index in [0.29, 0.717) is 18.8 Å². The molecule has 140 valence electrons. The van der Waals surface area contributed by atoms with E-state index in [0.717, 1.165) is 5.75 Å². The number of amides is 1. The van der Waals surface area contributed by atoms with E-state index in [1.807, 2.05) is 13.8 Å². The van der Waals surface area contributed by atoms with Crippen LogP contribution in [0.25, 0.3) is 0 Å². The number of methoxy groups -OCH3 is 1. The molecule has 2 aromatic carbocycles. The summed E-state index contributed by atoms with van der Waals surface area (Å²) >= 11 is 0. The number of ether oxygens (including phenoxy) is 3. The molecule has 5 nitrogen and oxygen atoms in total. The van der Waals surface area contributed by atoms with Crippen molar-refractivity contribution < 1.29 is 23.4 Å². The van der Waals surface area contributed by atoms with E-state index in [-0.39, 0.29) is 17.7 Å². The zero-order valence-electron chi connectivity index (χ0n) is 15.2. The Morgan fingerprint density at radius 1 is 1.12 bits per heavy atom. The van der Waals surface area contributed by atoms with E-state index >= 15 is 0 Å². The van der Waals surface area contributed by atoms with Crippen LogP contribution in [0.2, 0.25) is 0 Å². The number of hydrogen-bond donors (Lipinski definition) is 1. The lowest BCUT2D eigenvalue weighted by Gasteiger charge is -2.21. The molecular weight excluding hydrogens is 337 g/mol. The summed E-state index contributed by atoms with van der Waals surface area (Å²) < 4.78 is 29.9. The Balaban J connectivity index is 1.84. The minimum Gasteiger partial charge on any atom is -0.497 e. The van der Waals surface area contributed by atoms with Gasteiger partial charge in [0, 0.05) is 0 Å². The van der Waals surface area contributed by atoms with E-state index in [9.17, 15) is 9.18 Å². The van der Waals surface area contributed by atoms with E-state index < -0.39 is 11.9 Å². The predicted octanol–water partition coefficient (Wildman–Crippen LogP) is 3.58. The van der Waals surface area contributed by atoms with Gasteiger partial charge in [-0.3, -0.25) is 4.79 Å². The number of carbonyl (C=O) groups excluding carboxylic acids is 1. The first-order valence-corrected chi connectivity index (χ1v) is 8.52. The van der Waals surface area contributed by atoms with Crippen molar-refractivity contribution in [3.05, 3.63) is 54.3 Å². The van der Waals surface area contributed by atoms with Crippen LogP contribution in [0.1, 0.15) is 20.3 Å². The Hall–Kier alpha value is -2.76. The Morgan fingerprint density at radius 2 is 1.77 bits per heavy atom. The number of carbonyl (C=O) groups is 1. The van der Waals surface area contributed by atoms with Crippen LogP contribution < -0.4 is 19.5 Å². The molecule has 0 aliphatic rings. The van der Waals surface area contributed by atoms with Crippen LogP contribution in [-0.2, 0) is 4.79 Å². The number of rotatable bonds is 9. The fraction of sp³-hybridized carbons (Fsp3) is 0.350. The zero-order chi connectivity index (χ0) is 18.9. The van der Waals surface area contributed by atoms with E-state index in [4.69, 9.17) is 14.2 Å². The molecule has 0 saturated carbocycles. The van der Waals surface area contributed by atoms with Crippen molar-refractivity contribution in [3.63, 3.8) is 0 Å². The highest BCUT2D eigenvalue weighted by atomic mass is 19.1. The van der Waals surface area contributed by atoms with Crippen LogP contribution in [-0.4, -0.2) is 31.8 Å². The van der Waals surface area contributed by atoms with Gasteiger partial charge in [0.05, 0.1) is 13.2 Å². The number of para-hydroxylation sites is 1. The molecular formula is C20H24FNO4. The number of nitrogens with one attached hydrogen (secondary N) is 1. The largest absolute Gasteiger partial charge is 0.497 e. The molecule has 2 rings (SSSR count). The summed E-state index contributed by atoms with van der Waals surface area (Å²) in [7, 11) is 1.60. The summed E-state index contributed by atoms with van der Waals surface area (Å²) in [6.07, 6.45) is -0.345. The number of halogens is 1. The smallest absolute Gasteiger partial charge is 0.261 e. The molecule has 0 radical (unpaired) electrons. The molecule has 6 heteroatoms. The second-order valence-electron chi connectivity index (χ2n) is 5.84. The summed E-state index contributed by atoms with van der Waals surface area (Å²) in [6.45, 7) is 3.94. The summed E-state index contributed by atoms with van der Waals surface area (Å²) in [5.74, 6) is 0.698. The molecule has 0 unspecified atom stereocenters. The summed E-state index contributed by atoms with van der Waals surface area (Å²) in [4.78, 5) is 12.4. The van der Waals surface area contributed by atoms with Crippen molar-refractivity contribution in [1.82, 2.24) is 5.32 Å². The molecule has 2 aromatic rings. The standard InChI is InChI=1S/C20H24FNO4/c1-4-18(26-19-8-6-5-7-17(19)21)20(23)22-14(2)13-25-16-11-9-15(24-3)10-12-16/h5-12,14,18H,4,13H2,1-3H3,(H,22,23)/t14-,18-/m1/s1. The van der Waals surface area contributed by atoms with Gasteiger partial charge in [-0.1, -0.05) is 19.1 Å². The van der Waals surface area contributed by atoms with Crippen LogP contribution in [0.3, 0.4) is 0 Å². The molecule has 2 atom stereocenters. The molecule has 0 fully saturated rings.